The molecular formula is C27H32O8. The number of carbonyl (C=O) groups is 4. The van der Waals surface area contributed by atoms with E-state index < -0.39 is 17.4 Å². The van der Waals surface area contributed by atoms with Crippen LogP contribution in [0.1, 0.15) is 105 Å². The van der Waals surface area contributed by atoms with Crippen molar-refractivity contribution in [3.8, 4) is 0 Å². The van der Waals surface area contributed by atoms with Crippen LogP contribution in [0.2, 0.25) is 0 Å². The van der Waals surface area contributed by atoms with Gasteiger partial charge in [0.05, 0.1) is 5.41 Å². The van der Waals surface area contributed by atoms with Crippen molar-refractivity contribution in [2.45, 2.75) is 89.6 Å². The standard InChI is InChI=1S/C27H32O8/c1-26-12-11-17-21(23(31)24-22-15(13-33-24)25(32)34-14-27(17,22)2)16(26)9-10-18(26)35-20(30)8-6-4-3-5-7-19(28)29/h13,16,18H,3-12,14H2,1-2H3,(H,28,29)/t16?,18-,26-,27+/m0/s1. The van der Waals surface area contributed by atoms with Crippen LogP contribution in [0.15, 0.2) is 21.8 Å². The summed E-state index contributed by atoms with van der Waals surface area (Å²) in [5, 5.41) is 8.71. The van der Waals surface area contributed by atoms with Gasteiger partial charge in [0.15, 0.2) is 5.76 Å². The zero-order chi connectivity index (χ0) is 25.0. The molecule has 3 aliphatic carbocycles. The number of hydrogen-bond donors (Lipinski definition) is 1. The van der Waals surface area contributed by atoms with Crippen LogP contribution in [-0.4, -0.2) is 41.5 Å². The van der Waals surface area contributed by atoms with Gasteiger partial charge in [0.25, 0.3) is 0 Å². The molecule has 1 fully saturated rings. The van der Waals surface area contributed by atoms with E-state index in [1.807, 2.05) is 6.92 Å². The number of carboxylic acid groups (broad SMARTS) is 1. The summed E-state index contributed by atoms with van der Waals surface area (Å²) in [6.07, 6.45) is 7.40. The molecule has 2 heterocycles. The number of fused-ring (bicyclic) bond motifs is 3. The Balaban J connectivity index is 1.30. The monoisotopic (exact) mass is 484 g/mol. The summed E-state index contributed by atoms with van der Waals surface area (Å²) < 4.78 is 17.1. The van der Waals surface area contributed by atoms with E-state index in [-0.39, 0.29) is 48.0 Å². The van der Waals surface area contributed by atoms with Crippen LogP contribution in [0.4, 0.5) is 0 Å². The maximum Gasteiger partial charge on any atom is 0.341 e. The second kappa shape index (κ2) is 8.64. The van der Waals surface area contributed by atoms with Gasteiger partial charge in [-0.2, -0.15) is 0 Å². The molecule has 1 saturated carbocycles. The molecule has 4 atom stereocenters. The van der Waals surface area contributed by atoms with E-state index in [0.29, 0.717) is 43.2 Å². The van der Waals surface area contributed by atoms with E-state index in [2.05, 4.69) is 6.92 Å². The molecule has 0 saturated heterocycles. The normalized spacial score (nSPS) is 30.9. The van der Waals surface area contributed by atoms with Crippen LogP contribution in [-0.2, 0) is 24.5 Å². The lowest BCUT2D eigenvalue weighted by atomic mass is 9.56. The summed E-state index contributed by atoms with van der Waals surface area (Å²) >= 11 is 0. The second-order valence-corrected chi connectivity index (χ2v) is 10.9. The lowest BCUT2D eigenvalue weighted by Gasteiger charge is -2.48. The maximum atomic E-state index is 13.6. The van der Waals surface area contributed by atoms with Gasteiger partial charge < -0.3 is 19.0 Å². The molecule has 8 heteroatoms. The van der Waals surface area contributed by atoms with Crippen LogP contribution >= 0.6 is 0 Å². The Bertz CT molecular complexity index is 1130. The highest BCUT2D eigenvalue weighted by Gasteiger charge is 2.59. The number of hydrogen-bond acceptors (Lipinski definition) is 7. The number of aliphatic carboxylic acids is 1. The van der Waals surface area contributed by atoms with Gasteiger partial charge in [-0.05, 0) is 56.9 Å². The van der Waals surface area contributed by atoms with Crippen LogP contribution in [0.3, 0.4) is 0 Å². The second-order valence-electron chi connectivity index (χ2n) is 10.9. The number of unbranched alkanes of at least 4 members (excludes halogenated alkanes) is 3. The van der Waals surface area contributed by atoms with Gasteiger partial charge in [0, 0.05) is 29.4 Å². The molecule has 188 valence electrons. The lowest BCUT2D eigenvalue weighted by Crippen LogP contribution is -2.48. The summed E-state index contributed by atoms with van der Waals surface area (Å²) in [5.41, 5.74) is 1.94. The third kappa shape index (κ3) is 3.72. The van der Waals surface area contributed by atoms with E-state index in [0.717, 1.165) is 36.8 Å². The van der Waals surface area contributed by atoms with Gasteiger partial charge in [0.1, 0.15) is 24.5 Å². The van der Waals surface area contributed by atoms with Gasteiger partial charge in [-0.1, -0.05) is 19.8 Å². The molecule has 0 amide bonds. The predicted octanol–water partition coefficient (Wildman–Crippen LogP) is 4.75. The number of furan rings is 1. The highest BCUT2D eigenvalue weighted by molar-refractivity contribution is 6.13. The van der Waals surface area contributed by atoms with E-state index >= 15 is 0 Å². The summed E-state index contributed by atoms with van der Waals surface area (Å²) in [6, 6.07) is 0. The molecule has 0 radical (unpaired) electrons. The van der Waals surface area contributed by atoms with Gasteiger partial charge in [-0.25, -0.2) is 4.79 Å². The number of ether oxygens (including phenoxy) is 2. The summed E-state index contributed by atoms with van der Waals surface area (Å²) in [6.45, 7) is 4.36. The first kappa shape index (κ1) is 23.8. The van der Waals surface area contributed by atoms with E-state index in [1.165, 1.54) is 6.26 Å². The molecule has 1 aromatic heterocycles. The number of allylic oxidation sites excluding steroid dienone is 1. The highest BCUT2D eigenvalue weighted by Crippen LogP contribution is 2.61. The molecule has 0 spiro atoms. The van der Waals surface area contributed by atoms with Crippen LogP contribution in [0, 0.1) is 11.3 Å². The quantitative estimate of drug-likeness (QED) is 0.415. The Hall–Kier alpha value is -2.90. The smallest absolute Gasteiger partial charge is 0.341 e. The Morgan fingerprint density at radius 3 is 2.60 bits per heavy atom. The van der Waals surface area contributed by atoms with E-state index in [4.69, 9.17) is 19.0 Å². The van der Waals surface area contributed by atoms with Gasteiger partial charge >= 0.3 is 17.9 Å². The fraction of sp³-hybridized carbons (Fsp3) is 0.630. The summed E-state index contributed by atoms with van der Waals surface area (Å²) in [4.78, 5) is 49.1. The number of cyclic esters (lactones) is 1. The molecule has 0 aromatic carbocycles. The minimum Gasteiger partial charge on any atom is -0.481 e. The number of Topliss-reactive ketones (excluding diaryl/α,β-unsaturated/α-hetero) is 1. The zero-order valence-corrected chi connectivity index (χ0v) is 20.3. The minimum absolute atomic E-state index is 0.0382. The van der Waals surface area contributed by atoms with E-state index in [9.17, 15) is 19.2 Å². The van der Waals surface area contributed by atoms with Gasteiger partial charge in [-0.3, -0.25) is 14.4 Å². The molecule has 1 N–H and O–H groups in total. The predicted molar refractivity (Wildman–Crippen MR) is 123 cm³/mol. The molecule has 4 aliphatic rings. The number of rotatable bonds is 8. The van der Waals surface area contributed by atoms with Crippen molar-refractivity contribution in [3.63, 3.8) is 0 Å². The third-order valence-electron chi connectivity index (χ3n) is 8.80. The molecule has 1 unspecified atom stereocenters. The maximum absolute atomic E-state index is 13.6. The van der Waals surface area contributed by atoms with Crippen LogP contribution < -0.4 is 0 Å². The Morgan fingerprint density at radius 2 is 1.86 bits per heavy atom. The fourth-order valence-corrected chi connectivity index (χ4v) is 6.87. The fourth-order valence-electron chi connectivity index (χ4n) is 6.87. The molecule has 8 nitrogen and oxygen atoms in total. The molecule has 35 heavy (non-hydrogen) atoms. The van der Waals surface area contributed by atoms with Crippen LogP contribution in [0.25, 0.3) is 0 Å². The average molecular weight is 485 g/mol. The Kier molecular flexibility index (Phi) is 5.88. The zero-order valence-electron chi connectivity index (χ0n) is 20.3. The molecule has 1 aliphatic heterocycles. The summed E-state index contributed by atoms with van der Waals surface area (Å²) in [7, 11) is 0. The van der Waals surface area contributed by atoms with Crippen molar-refractivity contribution in [2.75, 3.05) is 6.61 Å². The summed E-state index contributed by atoms with van der Waals surface area (Å²) in [5.74, 6) is -1.39. The number of carbonyl (C=O) groups excluding carboxylic acids is 3. The van der Waals surface area contributed by atoms with Crippen molar-refractivity contribution in [2.24, 2.45) is 11.3 Å². The van der Waals surface area contributed by atoms with Crippen molar-refractivity contribution in [1.82, 2.24) is 0 Å². The SMILES string of the molecule is C[C@]12CCC3=C(C(=O)c4occ5c4[C@]3(C)COC5=O)C1CC[C@@H]2OC(=O)CCCCCCC(=O)O. The van der Waals surface area contributed by atoms with E-state index in [1.54, 1.807) is 0 Å². The molecule has 0 bridgehead atoms. The number of carboxylic acids is 1. The van der Waals surface area contributed by atoms with Gasteiger partial charge in [0.2, 0.25) is 5.78 Å². The lowest BCUT2D eigenvalue weighted by molar-refractivity contribution is -0.155. The first-order chi connectivity index (χ1) is 16.7. The first-order valence-electron chi connectivity index (χ1n) is 12.7. The van der Waals surface area contributed by atoms with Crippen LogP contribution in [0.5, 0.6) is 0 Å². The topological polar surface area (TPSA) is 120 Å². The largest absolute Gasteiger partial charge is 0.481 e. The van der Waals surface area contributed by atoms with Crippen molar-refractivity contribution >= 4 is 23.7 Å². The molecule has 5 rings (SSSR count). The minimum atomic E-state index is -0.794. The van der Waals surface area contributed by atoms with Crippen molar-refractivity contribution in [3.05, 3.63) is 34.3 Å². The molecule has 1 aromatic rings. The Morgan fingerprint density at radius 1 is 1.11 bits per heavy atom. The third-order valence-corrected chi connectivity index (χ3v) is 8.80. The van der Waals surface area contributed by atoms with Crippen molar-refractivity contribution in [1.29, 1.82) is 0 Å². The number of ketones is 1. The average Bonchev–Trinajstić information content (AvgIpc) is 3.40. The molecular weight excluding hydrogens is 452 g/mol. The highest BCUT2D eigenvalue weighted by atomic mass is 16.5. The van der Waals surface area contributed by atoms with Gasteiger partial charge in [-0.15, -0.1) is 0 Å². The van der Waals surface area contributed by atoms with Crippen molar-refractivity contribution < 1.29 is 38.2 Å². The Labute approximate surface area is 204 Å². The number of esters is 2. The first-order valence-corrected chi connectivity index (χ1v) is 12.7.